The molecule has 33 heavy (non-hydrogen) atoms. The summed E-state index contributed by atoms with van der Waals surface area (Å²) in [5, 5.41) is 11.9. The highest BCUT2D eigenvalue weighted by atomic mass is 79.9. The number of carbonyl (C=O) groups excluding carboxylic acids is 2. The van der Waals surface area contributed by atoms with Gasteiger partial charge in [0.2, 0.25) is 0 Å². The van der Waals surface area contributed by atoms with Gasteiger partial charge in [-0.15, -0.1) is 0 Å². The first-order valence-electron chi connectivity index (χ1n) is 10.9. The zero-order chi connectivity index (χ0) is 24.0. The number of rotatable bonds is 10. The number of nitrogens with zero attached hydrogens (tertiary/aromatic N) is 3. The van der Waals surface area contributed by atoms with Crippen molar-refractivity contribution in [3.05, 3.63) is 52.8 Å². The van der Waals surface area contributed by atoms with E-state index in [1.165, 1.54) is 11.8 Å². The van der Waals surface area contributed by atoms with Crippen LogP contribution in [0.2, 0.25) is 0 Å². The molecule has 1 aromatic heterocycles. The van der Waals surface area contributed by atoms with E-state index in [1.54, 1.807) is 19.2 Å². The van der Waals surface area contributed by atoms with Gasteiger partial charge in [-0.1, -0.05) is 56.3 Å². The third-order valence-electron chi connectivity index (χ3n) is 5.68. The molecule has 2 atom stereocenters. The highest BCUT2D eigenvalue weighted by Gasteiger charge is 2.28. The molecule has 0 saturated carbocycles. The molecule has 2 unspecified atom stereocenters. The molecule has 0 amide bonds. The Kier molecular flexibility index (Phi) is 8.70. The molecule has 0 fully saturated rings. The molecular formula is C25H26BrN3O3S. The normalized spacial score (nSPS) is 12.8. The quantitative estimate of drug-likeness (QED) is 0.239. The lowest BCUT2D eigenvalue weighted by Crippen LogP contribution is -2.27. The van der Waals surface area contributed by atoms with E-state index in [-0.39, 0.29) is 29.8 Å². The van der Waals surface area contributed by atoms with Crippen molar-refractivity contribution in [2.24, 2.45) is 11.8 Å². The van der Waals surface area contributed by atoms with E-state index in [4.69, 9.17) is 4.74 Å². The van der Waals surface area contributed by atoms with Gasteiger partial charge in [0.15, 0.2) is 5.16 Å². The molecular weight excluding hydrogens is 502 g/mol. The summed E-state index contributed by atoms with van der Waals surface area (Å²) in [6.45, 7) is 6.06. The van der Waals surface area contributed by atoms with Crippen LogP contribution in [0, 0.1) is 23.2 Å². The van der Waals surface area contributed by atoms with Gasteiger partial charge in [-0.2, -0.15) is 5.26 Å². The second-order valence-electron chi connectivity index (χ2n) is 7.76. The second-order valence-corrected chi connectivity index (χ2v) is 9.52. The zero-order valence-corrected chi connectivity index (χ0v) is 21.3. The van der Waals surface area contributed by atoms with E-state index in [2.05, 4.69) is 27.0 Å². The SMILES string of the molecule is CCOC(=O)C(CC(=O)CSc1ncc(Br)n1-c1ccc(C#N)c2ccccc12)C(C)CC. The average Bonchev–Trinajstić information content (AvgIpc) is 3.20. The summed E-state index contributed by atoms with van der Waals surface area (Å²) in [4.78, 5) is 29.6. The molecule has 0 spiro atoms. The number of fused-ring (bicyclic) bond motifs is 1. The van der Waals surface area contributed by atoms with Crippen LogP contribution in [-0.2, 0) is 14.3 Å². The third-order valence-corrected chi connectivity index (χ3v) is 7.25. The van der Waals surface area contributed by atoms with Crippen LogP contribution < -0.4 is 0 Å². The first kappa shape index (κ1) is 25.0. The molecule has 3 aromatic rings. The molecule has 0 bridgehead atoms. The molecule has 2 aromatic carbocycles. The number of ketones is 1. The standard InChI is InChI=1S/C25H26BrN3O3S/c1-4-16(3)21(24(31)32-5-2)12-18(30)15-33-25-28-14-23(26)29(25)22-11-10-17(13-27)19-8-6-7-9-20(19)22/h6-11,14,16,21H,4-5,12,15H2,1-3H3. The van der Waals surface area contributed by atoms with Crippen LogP contribution in [0.5, 0.6) is 0 Å². The molecule has 8 heteroatoms. The number of hydrogen-bond acceptors (Lipinski definition) is 6. The molecule has 0 aliphatic carbocycles. The lowest BCUT2D eigenvalue weighted by atomic mass is 9.88. The minimum Gasteiger partial charge on any atom is -0.466 e. The number of halogens is 1. The fourth-order valence-corrected chi connectivity index (χ4v) is 5.15. The molecule has 6 nitrogen and oxygen atoms in total. The van der Waals surface area contributed by atoms with Gasteiger partial charge in [-0.3, -0.25) is 14.2 Å². The highest BCUT2D eigenvalue weighted by Crippen LogP contribution is 2.32. The number of hydrogen-bond donors (Lipinski definition) is 0. The number of imidazole rings is 1. The molecule has 3 rings (SSSR count). The molecule has 1 heterocycles. The lowest BCUT2D eigenvalue weighted by molar-refractivity contribution is -0.151. The lowest BCUT2D eigenvalue weighted by Gasteiger charge is -2.20. The van der Waals surface area contributed by atoms with Crippen LogP contribution in [-0.4, -0.2) is 33.7 Å². The molecule has 172 valence electrons. The number of Topliss-reactive ketones (excluding diaryl/α,β-unsaturated/α-hetero) is 1. The monoisotopic (exact) mass is 527 g/mol. The number of aromatic nitrogens is 2. The summed E-state index contributed by atoms with van der Waals surface area (Å²) in [7, 11) is 0. The van der Waals surface area contributed by atoms with Crippen molar-refractivity contribution in [1.29, 1.82) is 5.26 Å². The van der Waals surface area contributed by atoms with Crippen LogP contribution >= 0.6 is 27.7 Å². The summed E-state index contributed by atoms with van der Waals surface area (Å²) in [5.41, 5.74) is 1.47. The molecule has 0 radical (unpaired) electrons. The van der Waals surface area contributed by atoms with Crippen molar-refractivity contribution in [2.75, 3.05) is 12.4 Å². The van der Waals surface area contributed by atoms with Crippen molar-refractivity contribution in [3.63, 3.8) is 0 Å². The van der Waals surface area contributed by atoms with Gasteiger partial charge in [0.1, 0.15) is 10.4 Å². The van der Waals surface area contributed by atoms with Gasteiger partial charge in [0, 0.05) is 17.2 Å². The minimum atomic E-state index is -0.433. The van der Waals surface area contributed by atoms with Crippen molar-refractivity contribution in [2.45, 2.75) is 38.8 Å². The highest BCUT2D eigenvalue weighted by molar-refractivity contribution is 9.10. The van der Waals surface area contributed by atoms with Crippen molar-refractivity contribution in [3.8, 4) is 11.8 Å². The van der Waals surface area contributed by atoms with E-state index >= 15 is 0 Å². The van der Waals surface area contributed by atoms with Gasteiger partial charge in [-0.05, 0) is 40.9 Å². The summed E-state index contributed by atoms with van der Waals surface area (Å²) < 4.78 is 7.86. The Bertz CT molecular complexity index is 1200. The molecule has 0 N–H and O–H groups in total. The summed E-state index contributed by atoms with van der Waals surface area (Å²) in [6.07, 6.45) is 2.65. The van der Waals surface area contributed by atoms with Crippen LogP contribution in [0.1, 0.15) is 39.2 Å². The first-order chi connectivity index (χ1) is 15.9. The van der Waals surface area contributed by atoms with E-state index in [1.807, 2.05) is 48.7 Å². The van der Waals surface area contributed by atoms with E-state index in [0.717, 1.165) is 27.5 Å². The van der Waals surface area contributed by atoms with Crippen molar-refractivity contribution >= 4 is 50.2 Å². The number of nitriles is 1. The predicted molar refractivity (Wildman–Crippen MR) is 133 cm³/mol. The van der Waals surface area contributed by atoms with Gasteiger partial charge < -0.3 is 4.74 Å². The fraction of sp³-hybridized carbons (Fsp3) is 0.360. The average molecular weight is 528 g/mol. The Morgan fingerprint density at radius 1 is 1.21 bits per heavy atom. The van der Waals surface area contributed by atoms with Gasteiger partial charge >= 0.3 is 5.97 Å². The van der Waals surface area contributed by atoms with Crippen LogP contribution in [0.4, 0.5) is 0 Å². The van der Waals surface area contributed by atoms with E-state index in [0.29, 0.717) is 17.3 Å². The van der Waals surface area contributed by atoms with Crippen LogP contribution in [0.25, 0.3) is 16.5 Å². The number of benzene rings is 2. The van der Waals surface area contributed by atoms with E-state index in [9.17, 15) is 14.9 Å². The number of carbonyl (C=O) groups is 2. The second kappa shape index (κ2) is 11.5. The Hall–Kier alpha value is -2.63. The van der Waals surface area contributed by atoms with Gasteiger partial charge in [0.25, 0.3) is 0 Å². The Morgan fingerprint density at radius 2 is 1.94 bits per heavy atom. The summed E-state index contributed by atoms with van der Waals surface area (Å²) in [6, 6.07) is 13.6. The topological polar surface area (TPSA) is 85.0 Å². The van der Waals surface area contributed by atoms with Crippen molar-refractivity contribution < 1.29 is 14.3 Å². The Balaban J connectivity index is 1.83. The smallest absolute Gasteiger partial charge is 0.309 e. The van der Waals surface area contributed by atoms with Gasteiger partial charge in [0.05, 0.1) is 41.8 Å². The summed E-state index contributed by atoms with van der Waals surface area (Å²) in [5.74, 6) is -0.493. The molecule has 0 aliphatic heterocycles. The maximum Gasteiger partial charge on any atom is 0.309 e. The maximum atomic E-state index is 12.8. The zero-order valence-electron chi connectivity index (χ0n) is 18.9. The Morgan fingerprint density at radius 3 is 2.61 bits per heavy atom. The third kappa shape index (κ3) is 5.66. The maximum absolute atomic E-state index is 12.8. The Labute approximate surface area is 206 Å². The molecule has 0 aliphatic rings. The number of esters is 1. The van der Waals surface area contributed by atoms with Gasteiger partial charge in [-0.25, -0.2) is 4.98 Å². The number of ether oxygens (including phenoxy) is 1. The van der Waals surface area contributed by atoms with Crippen LogP contribution in [0.15, 0.2) is 52.4 Å². The first-order valence-corrected chi connectivity index (χ1v) is 12.7. The molecule has 0 saturated heterocycles. The van der Waals surface area contributed by atoms with Crippen molar-refractivity contribution in [1.82, 2.24) is 9.55 Å². The largest absolute Gasteiger partial charge is 0.466 e. The number of thioether (sulfide) groups is 1. The van der Waals surface area contributed by atoms with E-state index < -0.39 is 5.92 Å². The fourth-order valence-electron chi connectivity index (χ4n) is 3.71. The predicted octanol–water partition coefficient (Wildman–Crippen LogP) is 5.94. The summed E-state index contributed by atoms with van der Waals surface area (Å²) >= 11 is 4.89. The minimum absolute atomic E-state index is 0.0197. The van der Waals surface area contributed by atoms with Crippen LogP contribution in [0.3, 0.4) is 0 Å².